The van der Waals surface area contributed by atoms with Gasteiger partial charge in [-0.3, -0.25) is 0 Å². The number of aliphatic hydroxyl groups excluding tert-OH is 3. The van der Waals surface area contributed by atoms with Crippen LogP contribution in [-0.2, 0) is 6.54 Å². The van der Waals surface area contributed by atoms with Crippen molar-refractivity contribution in [2.24, 2.45) is 0 Å². The fourth-order valence-corrected chi connectivity index (χ4v) is 2.00. The van der Waals surface area contributed by atoms with Gasteiger partial charge in [0.15, 0.2) is 0 Å². The molecule has 0 saturated heterocycles. The van der Waals surface area contributed by atoms with Gasteiger partial charge in [-0.05, 0) is 6.08 Å². The van der Waals surface area contributed by atoms with E-state index in [1.165, 1.54) is 6.08 Å². The van der Waals surface area contributed by atoms with Gasteiger partial charge in [0.25, 0.3) is 0 Å². The number of aliphatic hydroxyl groups is 3. The molecular formula is C13H18NO3+. The lowest BCUT2D eigenvalue weighted by Crippen LogP contribution is -2.92. The van der Waals surface area contributed by atoms with E-state index >= 15 is 0 Å². The topological polar surface area (TPSA) is 77.3 Å². The normalized spacial score (nSPS) is 32.6. The van der Waals surface area contributed by atoms with E-state index in [1.54, 1.807) is 6.08 Å². The number of nitrogens with two attached hydrogens (primary N) is 1. The van der Waals surface area contributed by atoms with Gasteiger partial charge in [0.05, 0.1) is 0 Å². The summed E-state index contributed by atoms with van der Waals surface area (Å²) in [7, 11) is 0. The molecular weight excluding hydrogens is 218 g/mol. The standard InChI is InChI=1S/C13H17NO3/c15-11-7-6-10(12(16)13(11)17)14-8-9-4-2-1-3-5-9/h1-7,10-17H,8H2/p+1/t10?,11?,12?,13-/m0/s1. The Kier molecular flexibility index (Phi) is 3.91. The molecule has 0 amide bonds. The Morgan fingerprint density at radius 2 is 1.65 bits per heavy atom. The van der Waals surface area contributed by atoms with Crippen molar-refractivity contribution in [1.29, 1.82) is 0 Å². The summed E-state index contributed by atoms with van der Waals surface area (Å²) in [6.45, 7) is 0.732. The van der Waals surface area contributed by atoms with Crippen LogP contribution in [0.1, 0.15) is 5.56 Å². The fraction of sp³-hybridized carbons (Fsp3) is 0.385. The van der Waals surface area contributed by atoms with Crippen LogP contribution in [0.4, 0.5) is 0 Å². The van der Waals surface area contributed by atoms with Gasteiger partial charge in [0.1, 0.15) is 30.9 Å². The van der Waals surface area contributed by atoms with Crippen molar-refractivity contribution >= 4 is 0 Å². The predicted octanol–water partition coefficient (Wildman–Crippen LogP) is -1.23. The minimum atomic E-state index is -1.10. The summed E-state index contributed by atoms with van der Waals surface area (Å²) in [6.07, 6.45) is 0.274. The molecule has 0 bridgehead atoms. The van der Waals surface area contributed by atoms with Crippen molar-refractivity contribution in [2.45, 2.75) is 30.9 Å². The van der Waals surface area contributed by atoms with Gasteiger partial charge in [0.2, 0.25) is 0 Å². The van der Waals surface area contributed by atoms with Crippen LogP contribution >= 0.6 is 0 Å². The summed E-state index contributed by atoms with van der Waals surface area (Å²) in [5, 5.41) is 30.6. The molecule has 2 rings (SSSR count). The van der Waals surface area contributed by atoms with E-state index in [0.29, 0.717) is 0 Å². The van der Waals surface area contributed by atoms with Crippen LogP contribution in [-0.4, -0.2) is 39.7 Å². The zero-order valence-corrected chi connectivity index (χ0v) is 9.48. The Balaban J connectivity index is 1.94. The van der Waals surface area contributed by atoms with E-state index in [4.69, 9.17) is 0 Å². The van der Waals surface area contributed by atoms with E-state index in [1.807, 2.05) is 35.6 Å². The van der Waals surface area contributed by atoms with E-state index in [-0.39, 0.29) is 6.04 Å². The third kappa shape index (κ3) is 2.92. The largest absolute Gasteiger partial charge is 0.387 e. The van der Waals surface area contributed by atoms with Crippen molar-refractivity contribution in [2.75, 3.05) is 0 Å². The van der Waals surface area contributed by atoms with E-state index in [0.717, 1.165) is 12.1 Å². The molecule has 4 nitrogen and oxygen atoms in total. The zero-order chi connectivity index (χ0) is 12.3. The highest BCUT2D eigenvalue weighted by Crippen LogP contribution is 2.11. The molecule has 0 aromatic heterocycles. The monoisotopic (exact) mass is 236 g/mol. The average Bonchev–Trinajstić information content (AvgIpc) is 2.36. The van der Waals surface area contributed by atoms with E-state index in [9.17, 15) is 15.3 Å². The Bertz CT molecular complexity index is 380. The van der Waals surface area contributed by atoms with Crippen LogP contribution in [0.3, 0.4) is 0 Å². The van der Waals surface area contributed by atoms with Gasteiger partial charge in [-0.1, -0.05) is 36.4 Å². The first-order valence-corrected chi connectivity index (χ1v) is 5.78. The number of benzene rings is 1. The summed E-state index contributed by atoms with van der Waals surface area (Å²) in [5.74, 6) is 0. The lowest BCUT2D eigenvalue weighted by atomic mass is 9.94. The van der Waals surface area contributed by atoms with E-state index in [2.05, 4.69) is 0 Å². The predicted molar refractivity (Wildman–Crippen MR) is 63.0 cm³/mol. The third-order valence-corrected chi connectivity index (χ3v) is 3.09. The minimum absolute atomic E-state index is 0.214. The summed E-state index contributed by atoms with van der Waals surface area (Å²) < 4.78 is 0. The first kappa shape index (κ1) is 12.3. The Morgan fingerprint density at radius 3 is 2.35 bits per heavy atom. The smallest absolute Gasteiger partial charge is 0.138 e. The molecule has 0 aliphatic heterocycles. The Hall–Kier alpha value is -1.20. The van der Waals surface area contributed by atoms with Gasteiger partial charge < -0.3 is 20.6 Å². The molecule has 5 N–H and O–H groups in total. The molecule has 92 valence electrons. The summed E-state index contributed by atoms with van der Waals surface area (Å²) in [5.41, 5.74) is 1.16. The highest BCUT2D eigenvalue weighted by Gasteiger charge is 2.34. The van der Waals surface area contributed by atoms with Crippen molar-refractivity contribution < 1.29 is 20.6 Å². The Morgan fingerprint density at radius 1 is 0.941 bits per heavy atom. The maximum Gasteiger partial charge on any atom is 0.138 e. The number of hydrogen-bond donors (Lipinski definition) is 4. The van der Waals surface area contributed by atoms with Crippen molar-refractivity contribution in [3.8, 4) is 0 Å². The molecule has 1 aromatic carbocycles. The SMILES string of the molecule is OC1C=CC([NH2+]Cc2ccccc2)C(O)[C@H]1O. The maximum absolute atomic E-state index is 9.79. The van der Waals surface area contributed by atoms with Crippen LogP contribution in [0.5, 0.6) is 0 Å². The van der Waals surface area contributed by atoms with Gasteiger partial charge in [-0.25, -0.2) is 0 Å². The first-order valence-electron chi connectivity index (χ1n) is 5.78. The molecule has 1 aromatic rings. The third-order valence-electron chi connectivity index (χ3n) is 3.09. The molecule has 0 spiro atoms. The molecule has 4 heteroatoms. The van der Waals surface area contributed by atoms with Crippen LogP contribution in [0, 0.1) is 0 Å². The van der Waals surface area contributed by atoms with Crippen LogP contribution < -0.4 is 5.32 Å². The lowest BCUT2D eigenvalue weighted by Gasteiger charge is -2.29. The second-order valence-electron chi connectivity index (χ2n) is 4.36. The summed E-state index contributed by atoms with van der Waals surface area (Å²) in [6, 6.07) is 9.71. The van der Waals surface area contributed by atoms with Gasteiger partial charge in [-0.2, -0.15) is 0 Å². The highest BCUT2D eigenvalue weighted by atomic mass is 16.4. The quantitative estimate of drug-likeness (QED) is 0.496. The van der Waals surface area contributed by atoms with Crippen LogP contribution in [0.15, 0.2) is 42.5 Å². The highest BCUT2D eigenvalue weighted by molar-refractivity contribution is 5.13. The van der Waals surface area contributed by atoms with Crippen molar-refractivity contribution in [1.82, 2.24) is 0 Å². The molecule has 0 radical (unpaired) electrons. The fourth-order valence-electron chi connectivity index (χ4n) is 2.00. The van der Waals surface area contributed by atoms with Gasteiger partial charge in [0, 0.05) is 5.56 Å². The molecule has 17 heavy (non-hydrogen) atoms. The minimum Gasteiger partial charge on any atom is -0.387 e. The Labute approximate surface area is 100 Å². The van der Waals surface area contributed by atoms with E-state index < -0.39 is 18.3 Å². The lowest BCUT2D eigenvalue weighted by molar-refractivity contribution is -0.703. The number of quaternary nitrogens is 1. The maximum atomic E-state index is 9.79. The average molecular weight is 236 g/mol. The summed E-state index contributed by atoms with van der Waals surface area (Å²) in [4.78, 5) is 0. The molecule has 0 saturated carbocycles. The molecule has 3 unspecified atom stereocenters. The number of rotatable bonds is 3. The molecule has 0 fully saturated rings. The van der Waals surface area contributed by atoms with Crippen LogP contribution in [0.25, 0.3) is 0 Å². The van der Waals surface area contributed by atoms with Crippen LogP contribution in [0.2, 0.25) is 0 Å². The van der Waals surface area contributed by atoms with Crippen molar-refractivity contribution in [3.05, 3.63) is 48.0 Å². The molecule has 1 aliphatic carbocycles. The van der Waals surface area contributed by atoms with Crippen molar-refractivity contribution in [3.63, 3.8) is 0 Å². The number of hydrogen-bond acceptors (Lipinski definition) is 3. The first-order chi connectivity index (χ1) is 8.18. The van der Waals surface area contributed by atoms with Gasteiger partial charge >= 0.3 is 0 Å². The molecule has 4 atom stereocenters. The second kappa shape index (κ2) is 5.42. The molecule has 0 heterocycles. The molecule has 1 aliphatic rings. The second-order valence-corrected chi connectivity index (χ2v) is 4.36. The zero-order valence-electron chi connectivity index (χ0n) is 9.48. The summed E-state index contributed by atoms with van der Waals surface area (Å²) >= 11 is 0. The van der Waals surface area contributed by atoms with Gasteiger partial charge in [-0.15, -0.1) is 0 Å².